The number of fused-ring (bicyclic) bond motifs is 1. The van der Waals surface area contributed by atoms with Crippen LogP contribution in [0.2, 0.25) is 0 Å². The molecule has 1 unspecified atom stereocenters. The molecular weight excluding hydrogens is 406 g/mol. The molecule has 0 aromatic heterocycles. The third kappa shape index (κ3) is 3.85. The number of carbonyl (C=O) groups excluding carboxylic acids is 4. The molecule has 1 aliphatic carbocycles. The van der Waals surface area contributed by atoms with Crippen molar-refractivity contribution in [3.05, 3.63) is 29.3 Å². The fraction of sp³-hybridized carbons (Fsp3) is 0.476. The molecule has 4 rings (SSSR count). The van der Waals surface area contributed by atoms with E-state index in [4.69, 9.17) is 4.74 Å². The Hall–Kier alpha value is -3.43. The van der Waals surface area contributed by atoms with Gasteiger partial charge in [0.15, 0.2) is 6.61 Å². The molecular formula is C21H23N3O7. The van der Waals surface area contributed by atoms with Gasteiger partial charge in [-0.2, -0.15) is 0 Å². The molecule has 1 saturated carbocycles. The molecule has 0 spiro atoms. The summed E-state index contributed by atoms with van der Waals surface area (Å²) in [7, 11) is 0. The van der Waals surface area contributed by atoms with Crippen molar-refractivity contribution in [2.45, 2.75) is 56.7 Å². The summed E-state index contributed by atoms with van der Waals surface area (Å²) in [4.78, 5) is 61.8. The number of hydrogen-bond donors (Lipinski definition) is 3. The molecule has 1 aromatic carbocycles. The zero-order chi connectivity index (χ0) is 22.2. The zero-order valence-corrected chi connectivity index (χ0v) is 16.8. The van der Waals surface area contributed by atoms with Gasteiger partial charge in [-0.3, -0.25) is 24.5 Å². The topological polar surface area (TPSA) is 142 Å². The van der Waals surface area contributed by atoms with Crippen LogP contribution in [0, 0.1) is 0 Å². The van der Waals surface area contributed by atoms with Crippen LogP contribution in [0.1, 0.15) is 54.4 Å². The Bertz CT molecular complexity index is 968. The van der Waals surface area contributed by atoms with E-state index < -0.39 is 36.0 Å². The van der Waals surface area contributed by atoms with Gasteiger partial charge in [-0.05, 0) is 31.4 Å². The molecule has 31 heavy (non-hydrogen) atoms. The van der Waals surface area contributed by atoms with E-state index in [0.717, 1.165) is 12.8 Å². The number of carboxylic acids is 1. The van der Waals surface area contributed by atoms with Crippen LogP contribution < -0.4 is 15.4 Å². The molecule has 2 heterocycles. The average molecular weight is 429 g/mol. The zero-order valence-electron chi connectivity index (χ0n) is 16.8. The Morgan fingerprint density at radius 1 is 1.23 bits per heavy atom. The van der Waals surface area contributed by atoms with Gasteiger partial charge in [-0.15, -0.1) is 0 Å². The Morgan fingerprint density at radius 3 is 2.65 bits per heavy atom. The summed E-state index contributed by atoms with van der Waals surface area (Å²) >= 11 is 0. The highest BCUT2D eigenvalue weighted by Crippen LogP contribution is 2.34. The maximum Gasteiger partial charge on any atom is 0.329 e. The number of rotatable bonds is 6. The molecule has 10 nitrogen and oxygen atoms in total. The lowest BCUT2D eigenvalue weighted by Crippen LogP contribution is -2.53. The smallest absolute Gasteiger partial charge is 0.329 e. The first-order chi connectivity index (χ1) is 14.8. The summed E-state index contributed by atoms with van der Waals surface area (Å²) in [6.45, 7) is -0.268. The van der Waals surface area contributed by atoms with Crippen molar-refractivity contribution < 1.29 is 33.8 Å². The maximum atomic E-state index is 12.8. The van der Waals surface area contributed by atoms with Crippen molar-refractivity contribution in [1.82, 2.24) is 15.5 Å². The van der Waals surface area contributed by atoms with E-state index >= 15 is 0 Å². The summed E-state index contributed by atoms with van der Waals surface area (Å²) in [5.41, 5.74) is -0.323. The van der Waals surface area contributed by atoms with Crippen molar-refractivity contribution in [1.29, 1.82) is 0 Å². The van der Waals surface area contributed by atoms with Gasteiger partial charge in [0.05, 0.1) is 6.54 Å². The molecule has 3 aliphatic rings. The summed E-state index contributed by atoms with van der Waals surface area (Å²) in [5, 5.41) is 14.3. The first kappa shape index (κ1) is 20.8. The minimum Gasteiger partial charge on any atom is -0.483 e. The lowest BCUT2D eigenvalue weighted by atomic mass is 9.98. The Kier molecular flexibility index (Phi) is 5.38. The number of benzene rings is 1. The van der Waals surface area contributed by atoms with Crippen LogP contribution in [-0.4, -0.2) is 57.8 Å². The molecule has 164 valence electrons. The van der Waals surface area contributed by atoms with Gasteiger partial charge in [0.1, 0.15) is 17.3 Å². The number of aliphatic carboxylic acids is 1. The Balaban J connectivity index is 1.44. The van der Waals surface area contributed by atoms with E-state index in [1.807, 2.05) is 0 Å². The van der Waals surface area contributed by atoms with Crippen molar-refractivity contribution in [2.24, 2.45) is 0 Å². The standard InChI is InChI=1S/C21H23N3O7/c25-16-7-6-14(18(27)22-16)24-10-13-12(19(24)28)4-3-5-15(13)31-11-17(26)23-21(20(29)30)8-1-2-9-21/h3-5,14H,1-2,6-11H2,(H,23,26)(H,29,30)(H,22,25,27). The van der Waals surface area contributed by atoms with E-state index in [2.05, 4.69) is 10.6 Å². The van der Waals surface area contributed by atoms with Crippen molar-refractivity contribution >= 4 is 29.6 Å². The van der Waals surface area contributed by atoms with Gasteiger partial charge in [0.2, 0.25) is 11.8 Å². The van der Waals surface area contributed by atoms with Gasteiger partial charge in [-0.25, -0.2) is 4.79 Å². The number of nitrogens with one attached hydrogen (secondary N) is 2. The van der Waals surface area contributed by atoms with Crippen LogP contribution in [-0.2, 0) is 25.7 Å². The largest absolute Gasteiger partial charge is 0.483 e. The van der Waals surface area contributed by atoms with E-state index in [1.54, 1.807) is 18.2 Å². The normalized spacial score (nSPS) is 22.1. The molecule has 2 fully saturated rings. The van der Waals surface area contributed by atoms with Crippen molar-refractivity contribution in [2.75, 3.05) is 6.61 Å². The van der Waals surface area contributed by atoms with Crippen LogP contribution in [0.3, 0.4) is 0 Å². The van der Waals surface area contributed by atoms with Crippen LogP contribution in [0.4, 0.5) is 0 Å². The summed E-state index contributed by atoms with van der Waals surface area (Å²) in [6.07, 6.45) is 2.63. The number of carbonyl (C=O) groups is 5. The van der Waals surface area contributed by atoms with Gasteiger partial charge in [0, 0.05) is 17.5 Å². The number of piperidine rings is 1. The lowest BCUT2D eigenvalue weighted by Gasteiger charge is -2.29. The Labute approximate surface area is 177 Å². The third-order valence-corrected chi connectivity index (χ3v) is 6.14. The predicted octanol–water partition coefficient (Wildman–Crippen LogP) is 0.340. The van der Waals surface area contributed by atoms with Crippen LogP contribution in [0.15, 0.2) is 18.2 Å². The van der Waals surface area contributed by atoms with Crippen LogP contribution >= 0.6 is 0 Å². The van der Waals surface area contributed by atoms with Crippen molar-refractivity contribution in [3.8, 4) is 5.75 Å². The number of amides is 4. The van der Waals surface area contributed by atoms with Gasteiger partial charge >= 0.3 is 5.97 Å². The number of ether oxygens (including phenoxy) is 1. The highest BCUT2D eigenvalue weighted by atomic mass is 16.5. The molecule has 3 N–H and O–H groups in total. The second-order valence-corrected chi connectivity index (χ2v) is 8.11. The van der Waals surface area contributed by atoms with E-state index in [1.165, 1.54) is 4.90 Å². The number of nitrogens with zero attached hydrogens (tertiary/aromatic N) is 1. The molecule has 0 radical (unpaired) electrons. The minimum atomic E-state index is -1.25. The van der Waals surface area contributed by atoms with Gasteiger partial charge < -0.3 is 20.1 Å². The molecule has 10 heteroatoms. The second kappa shape index (κ2) is 8.01. The summed E-state index contributed by atoms with van der Waals surface area (Å²) in [5.74, 6) is -2.48. The fourth-order valence-electron chi connectivity index (χ4n) is 4.51. The summed E-state index contributed by atoms with van der Waals surface area (Å²) in [6, 6.07) is 4.12. The van der Waals surface area contributed by atoms with Crippen LogP contribution in [0.25, 0.3) is 0 Å². The number of carboxylic acid groups (broad SMARTS) is 1. The average Bonchev–Trinajstić information content (AvgIpc) is 3.33. The first-order valence-electron chi connectivity index (χ1n) is 10.2. The SMILES string of the molecule is O=C1CCC(N2Cc3c(OCC(=O)NC4(C(=O)O)CCCC4)cccc3C2=O)C(=O)N1. The molecule has 1 aromatic rings. The van der Waals surface area contributed by atoms with Gasteiger partial charge in [0.25, 0.3) is 11.8 Å². The van der Waals surface area contributed by atoms with Gasteiger partial charge in [-0.1, -0.05) is 18.9 Å². The molecule has 4 amide bonds. The quantitative estimate of drug-likeness (QED) is 0.554. The lowest BCUT2D eigenvalue weighted by molar-refractivity contribution is -0.147. The minimum absolute atomic E-state index is 0.122. The van der Waals surface area contributed by atoms with Crippen LogP contribution in [0.5, 0.6) is 5.75 Å². The predicted molar refractivity (Wildman–Crippen MR) is 105 cm³/mol. The molecule has 2 aliphatic heterocycles. The molecule has 1 saturated heterocycles. The first-order valence-corrected chi connectivity index (χ1v) is 10.2. The fourth-order valence-corrected chi connectivity index (χ4v) is 4.51. The maximum absolute atomic E-state index is 12.8. The van der Waals surface area contributed by atoms with E-state index in [0.29, 0.717) is 29.7 Å². The number of imide groups is 1. The monoisotopic (exact) mass is 429 g/mol. The highest BCUT2D eigenvalue weighted by molar-refractivity contribution is 6.05. The summed E-state index contributed by atoms with van der Waals surface area (Å²) < 4.78 is 5.64. The van der Waals surface area contributed by atoms with E-state index in [-0.39, 0.29) is 31.2 Å². The highest BCUT2D eigenvalue weighted by Gasteiger charge is 2.43. The van der Waals surface area contributed by atoms with E-state index in [9.17, 15) is 29.1 Å². The second-order valence-electron chi connectivity index (χ2n) is 8.11. The molecule has 1 atom stereocenters. The number of hydrogen-bond acceptors (Lipinski definition) is 6. The molecule has 0 bridgehead atoms. The van der Waals surface area contributed by atoms with Crippen molar-refractivity contribution in [3.63, 3.8) is 0 Å². The third-order valence-electron chi connectivity index (χ3n) is 6.14. The Morgan fingerprint density at radius 2 is 1.97 bits per heavy atom.